The Bertz CT molecular complexity index is 767. The topological polar surface area (TPSA) is 90.0 Å². The highest BCUT2D eigenvalue weighted by molar-refractivity contribution is 8.14. The van der Waals surface area contributed by atoms with Gasteiger partial charge >= 0.3 is 5.97 Å². The van der Waals surface area contributed by atoms with E-state index in [4.69, 9.17) is 9.47 Å². The summed E-state index contributed by atoms with van der Waals surface area (Å²) in [6.07, 6.45) is 0.363. The zero-order valence-electron chi connectivity index (χ0n) is 15.2. The van der Waals surface area contributed by atoms with Crippen molar-refractivity contribution in [2.24, 2.45) is 0 Å². The van der Waals surface area contributed by atoms with E-state index < -0.39 is 34.2 Å². The van der Waals surface area contributed by atoms with E-state index in [0.717, 1.165) is 16.1 Å². The minimum Gasteiger partial charge on any atom is -0.497 e. The van der Waals surface area contributed by atoms with Crippen molar-refractivity contribution in [2.75, 3.05) is 19.4 Å². The Hall–Kier alpha value is -1.58. The van der Waals surface area contributed by atoms with E-state index in [1.54, 1.807) is 20.8 Å². The van der Waals surface area contributed by atoms with Crippen molar-refractivity contribution in [1.82, 2.24) is 4.31 Å². The fourth-order valence-electron chi connectivity index (χ4n) is 2.49. The molecule has 1 fully saturated rings. The lowest BCUT2D eigenvalue weighted by Crippen LogP contribution is -2.46. The molecule has 0 saturated carbocycles. The van der Waals surface area contributed by atoms with E-state index in [1.807, 2.05) is 0 Å². The standard InChI is InChI=1S/C17H23NO6S2/c1-17(2,3)24-15(19)11-18(14-9-10-25-16(14)20)26(21,22)13-7-5-12(23-4)6-8-13/h5-8,14H,9-11H2,1-4H3/t14-/m1/s1. The number of carbonyl (C=O) groups excluding carboxylic acids is 2. The van der Waals surface area contributed by atoms with Gasteiger partial charge in [-0.1, -0.05) is 11.8 Å². The Labute approximate surface area is 158 Å². The fraction of sp³-hybridized carbons (Fsp3) is 0.529. The molecule has 144 valence electrons. The lowest BCUT2D eigenvalue weighted by molar-refractivity contribution is -0.155. The first kappa shape index (κ1) is 20.7. The minimum absolute atomic E-state index is 0.00782. The van der Waals surface area contributed by atoms with E-state index in [-0.39, 0.29) is 10.0 Å². The van der Waals surface area contributed by atoms with Gasteiger partial charge in [-0.3, -0.25) is 9.59 Å². The van der Waals surface area contributed by atoms with Crippen LogP contribution in [0, 0.1) is 0 Å². The predicted octanol–water partition coefficient (Wildman–Crippen LogP) is 2.06. The average Bonchev–Trinajstić information content (AvgIpc) is 2.96. The van der Waals surface area contributed by atoms with Crippen LogP contribution >= 0.6 is 11.8 Å². The molecule has 0 bridgehead atoms. The van der Waals surface area contributed by atoms with E-state index in [0.29, 0.717) is 17.9 Å². The number of hydrogen-bond donors (Lipinski definition) is 0. The first-order valence-corrected chi connectivity index (χ1v) is 10.5. The van der Waals surface area contributed by atoms with Crippen LogP contribution in [0.1, 0.15) is 27.2 Å². The third-order valence-corrected chi connectivity index (χ3v) is 6.49. The summed E-state index contributed by atoms with van der Waals surface area (Å²) in [6.45, 7) is 4.58. The lowest BCUT2D eigenvalue weighted by Gasteiger charge is -2.27. The summed E-state index contributed by atoms with van der Waals surface area (Å²) in [7, 11) is -2.57. The Kier molecular flexibility index (Phi) is 6.36. The molecule has 26 heavy (non-hydrogen) atoms. The molecule has 1 aliphatic heterocycles. The summed E-state index contributed by atoms with van der Waals surface area (Å²) >= 11 is 1.07. The molecular weight excluding hydrogens is 378 g/mol. The molecule has 2 rings (SSSR count). The lowest BCUT2D eigenvalue weighted by atomic mass is 10.2. The number of ether oxygens (including phenoxy) is 2. The Morgan fingerprint density at radius 2 is 1.88 bits per heavy atom. The maximum atomic E-state index is 13.1. The van der Waals surface area contributed by atoms with Crippen LogP contribution in [-0.4, -0.2) is 54.9 Å². The molecule has 0 N–H and O–H groups in total. The highest BCUT2D eigenvalue weighted by Gasteiger charge is 2.40. The minimum atomic E-state index is -4.05. The van der Waals surface area contributed by atoms with E-state index in [9.17, 15) is 18.0 Å². The number of carbonyl (C=O) groups is 2. The van der Waals surface area contributed by atoms with Crippen molar-refractivity contribution in [3.63, 3.8) is 0 Å². The van der Waals surface area contributed by atoms with Gasteiger partial charge in [-0.25, -0.2) is 8.42 Å². The van der Waals surface area contributed by atoms with Crippen LogP contribution in [0.25, 0.3) is 0 Å². The zero-order valence-corrected chi connectivity index (χ0v) is 16.9. The molecular formula is C17H23NO6S2. The second kappa shape index (κ2) is 7.98. The molecule has 0 radical (unpaired) electrons. The van der Waals surface area contributed by atoms with E-state index in [1.165, 1.54) is 31.4 Å². The number of nitrogens with zero attached hydrogens (tertiary/aromatic N) is 1. The second-order valence-corrected chi connectivity index (χ2v) is 9.77. The van der Waals surface area contributed by atoms with Gasteiger partial charge in [-0.05, 0) is 51.5 Å². The van der Waals surface area contributed by atoms with Gasteiger partial charge in [-0.15, -0.1) is 0 Å². The van der Waals surface area contributed by atoms with Crippen molar-refractivity contribution < 1.29 is 27.5 Å². The van der Waals surface area contributed by atoms with Crippen LogP contribution in [0.3, 0.4) is 0 Å². The van der Waals surface area contributed by atoms with Crippen molar-refractivity contribution in [3.8, 4) is 5.75 Å². The van der Waals surface area contributed by atoms with Gasteiger partial charge < -0.3 is 9.47 Å². The summed E-state index contributed by atoms with van der Waals surface area (Å²) in [6, 6.07) is 4.94. The van der Waals surface area contributed by atoms with Gasteiger partial charge in [0.25, 0.3) is 0 Å². The maximum Gasteiger partial charge on any atom is 0.321 e. The molecule has 1 atom stereocenters. The SMILES string of the molecule is COc1ccc(S(=O)(=O)N(CC(=O)OC(C)(C)C)[C@@H]2CCSC2=O)cc1. The Morgan fingerprint density at radius 3 is 2.35 bits per heavy atom. The maximum absolute atomic E-state index is 13.1. The first-order valence-electron chi connectivity index (χ1n) is 8.09. The summed E-state index contributed by atoms with van der Waals surface area (Å²) in [5, 5.41) is -0.259. The van der Waals surface area contributed by atoms with Crippen LogP contribution in [0.4, 0.5) is 0 Å². The van der Waals surface area contributed by atoms with Gasteiger partial charge in [0, 0.05) is 5.75 Å². The molecule has 0 spiro atoms. The van der Waals surface area contributed by atoms with Crippen molar-refractivity contribution in [2.45, 2.75) is 43.7 Å². The highest BCUT2D eigenvalue weighted by atomic mass is 32.2. The number of hydrogen-bond acceptors (Lipinski definition) is 7. The number of thioether (sulfide) groups is 1. The molecule has 1 saturated heterocycles. The smallest absolute Gasteiger partial charge is 0.321 e. The van der Waals surface area contributed by atoms with E-state index >= 15 is 0 Å². The summed E-state index contributed by atoms with van der Waals surface area (Å²) in [5.41, 5.74) is -0.749. The van der Waals surface area contributed by atoms with Crippen LogP contribution in [0.2, 0.25) is 0 Å². The Balaban J connectivity index is 2.35. The molecule has 1 aliphatic rings. The predicted molar refractivity (Wildman–Crippen MR) is 98.6 cm³/mol. The van der Waals surface area contributed by atoms with Crippen LogP contribution in [-0.2, 0) is 24.3 Å². The molecule has 7 nitrogen and oxygen atoms in total. The highest BCUT2D eigenvalue weighted by Crippen LogP contribution is 2.29. The third kappa shape index (κ3) is 4.99. The number of sulfonamides is 1. The van der Waals surface area contributed by atoms with Gasteiger partial charge in [0.05, 0.1) is 18.0 Å². The zero-order chi connectivity index (χ0) is 19.5. The monoisotopic (exact) mass is 401 g/mol. The summed E-state index contributed by atoms with van der Waals surface area (Å²) in [5.74, 6) is 0.335. The molecule has 1 heterocycles. The molecule has 0 amide bonds. The molecule has 1 aromatic carbocycles. The van der Waals surface area contributed by atoms with Gasteiger partial charge in [-0.2, -0.15) is 4.31 Å². The van der Waals surface area contributed by atoms with Gasteiger partial charge in [0.1, 0.15) is 17.9 Å². The number of methoxy groups -OCH3 is 1. The third-order valence-electron chi connectivity index (χ3n) is 3.63. The van der Waals surface area contributed by atoms with Crippen LogP contribution in [0.5, 0.6) is 5.75 Å². The van der Waals surface area contributed by atoms with Crippen molar-refractivity contribution in [3.05, 3.63) is 24.3 Å². The molecule has 9 heteroatoms. The number of rotatable bonds is 6. The largest absolute Gasteiger partial charge is 0.497 e. The average molecular weight is 402 g/mol. The van der Waals surface area contributed by atoms with Gasteiger partial charge in [0.15, 0.2) is 0 Å². The molecule has 0 aliphatic carbocycles. The van der Waals surface area contributed by atoms with Crippen LogP contribution < -0.4 is 4.74 Å². The first-order chi connectivity index (χ1) is 12.0. The van der Waals surface area contributed by atoms with Gasteiger partial charge in [0.2, 0.25) is 15.1 Å². The second-order valence-electron chi connectivity index (χ2n) is 6.78. The van der Waals surface area contributed by atoms with Crippen LogP contribution in [0.15, 0.2) is 29.2 Å². The number of esters is 1. The summed E-state index contributed by atoms with van der Waals surface area (Å²) < 4.78 is 37.4. The molecule has 1 aromatic rings. The normalized spacial score (nSPS) is 18.2. The van der Waals surface area contributed by atoms with Crippen molar-refractivity contribution in [1.29, 1.82) is 0 Å². The van der Waals surface area contributed by atoms with Crippen molar-refractivity contribution >= 4 is 32.9 Å². The summed E-state index contributed by atoms with van der Waals surface area (Å²) in [4.78, 5) is 24.4. The molecule has 0 aromatic heterocycles. The van der Waals surface area contributed by atoms with E-state index in [2.05, 4.69) is 0 Å². The quantitative estimate of drug-likeness (QED) is 0.674. The molecule has 0 unspecified atom stereocenters. The number of benzene rings is 1. The Morgan fingerprint density at radius 1 is 1.27 bits per heavy atom. The fourth-order valence-corrected chi connectivity index (χ4v) is 5.10.